The molecule has 1 aliphatic rings. The summed E-state index contributed by atoms with van der Waals surface area (Å²) in [6, 6.07) is 6.25. The summed E-state index contributed by atoms with van der Waals surface area (Å²) in [4.78, 5) is 3.50. The highest BCUT2D eigenvalue weighted by atomic mass is 35.5. The first-order chi connectivity index (χ1) is 9.29. The Kier molecular flexibility index (Phi) is 3.75. The molecule has 0 saturated carbocycles. The molecule has 3 rings (SSSR count). The van der Waals surface area contributed by atoms with Crippen molar-refractivity contribution in [3.63, 3.8) is 0 Å². The van der Waals surface area contributed by atoms with Crippen LogP contribution in [0.1, 0.15) is 17.3 Å². The largest absolute Gasteiger partial charge is 0.395 e. The van der Waals surface area contributed by atoms with Crippen LogP contribution in [0.2, 0.25) is 5.02 Å². The zero-order chi connectivity index (χ0) is 13.2. The van der Waals surface area contributed by atoms with Crippen molar-refractivity contribution in [2.24, 2.45) is 0 Å². The molecule has 4 nitrogen and oxygen atoms in total. The summed E-state index contributed by atoms with van der Waals surface area (Å²) < 4.78 is 0. The van der Waals surface area contributed by atoms with Gasteiger partial charge in [0.15, 0.2) is 0 Å². The Bertz CT molecular complexity index is 581. The maximum Gasteiger partial charge on any atom is 0.0602 e. The van der Waals surface area contributed by atoms with E-state index in [2.05, 4.69) is 15.6 Å². The minimum atomic E-state index is 0.169. The Morgan fingerprint density at radius 1 is 1.42 bits per heavy atom. The number of rotatable bonds is 4. The SMILES string of the molecule is OCCNCC1NCCc2c1[nH]c1ccc(Cl)cc21. The minimum absolute atomic E-state index is 0.169. The first-order valence-corrected chi connectivity index (χ1v) is 7.02. The van der Waals surface area contributed by atoms with E-state index in [1.807, 2.05) is 18.2 Å². The Labute approximate surface area is 117 Å². The first kappa shape index (κ1) is 12.9. The van der Waals surface area contributed by atoms with Gasteiger partial charge in [0, 0.05) is 34.7 Å². The molecule has 4 N–H and O–H groups in total. The Balaban J connectivity index is 1.93. The maximum atomic E-state index is 8.83. The van der Waals surface area contributed by atoms with Crippen LogP contribution in [-0.4, -0.2) is 36.3 Å². The third-order valence-corrected chi connectivity index (χ3v) is 3.89. The van der Waals surface area contributed by atoms with E-state index in [1.165, 1.54) is 16.6 Å². The summed E-state index contributed by atoms with van der Waals surface area (Å²) in [5.41, 5.74) is 3.76. The molecule has 5 heteroatoms. The van der Waals surface area contributed by atoms with Crippen molar-refractivity contribution in [3.05, 3.63) is 34.5 Å². The molecular weight excluding hydrogens is 262 g/mol. The van der Waals surface area contributed by atoms with Gasteiger partial charge in [0.05, 0.1) is 12.6 Å². The molecule has 1 aliphatic heterocycles. The molecule has 1 aromatic heterocycles. The van der Waals surface area contributed by atoms with Crippen molar-refractivity contribution in [1.82, 2.24) is 15.6 Å². The number of fused-ring (bicyclic) bond motifs is 3. The highest BCUT2D eigenvalue weighted by molar-refractivity contribution is 6.31. The molecule has 2 aromatic rings. The van der Waals surface area contributed by atoms with Gasteiger partial charge >= 0.3 is 0 Å². The van der Waals surface area contributed by atoms with Crippen LogP contribution in [0, 0.1) is 0 Å². The van der Waals surface area contributed by atoms with E-state index < -0.39 is 0 Å². The van der Waals surface area contributed by atoms with Gasteiger partial charge in [-0.25, -0.2) is 0 Å². The van der Waals surface area contributed by atoms with Gasteiger partial charge in [-0.3, -0.25) is 0 Å². The lowest BCUT2D eigenvalue weighted by atomic mass is 9.99. The highest BCUT2D eigenvalue weighted by Gasteiger charge is 2.23. The van der Waals surface area contributed by atoms with Gasteiger partial charge in [-0.05, 0) is 36.7 Å². The lowest BCUT2D eigenvalue weighted by Gasteiger charge is -2.24. The van der Waals surface area contributed by atoms with E-state index in [4.69, 9.17) is 16.7 Å². The van der Waals surface area contributed by atoms with E-state index in [0.29, 0.717) is 6.54 Å². The normalized spacial score (nSPS) is 18.7. The summed E-state index contributed by atoms with van der Waals surface area (Å²) >= 11 is 6.09. The molecule has 2 heterocycles. The topological polar surface area (TPSA) is 60.1 Å². The third kappa shape index (κ3) is 2.49. The van der Waals surface area contributed by atoms with Gasteiger partial charge < -0.3 is 20.7 Å². The van der Waals surface area contributed by atoms with Gasteiger partial charge in [-0.1, -0.05) is 11.6 Å². The maximum absolute atomic E-state index is 8.83. The van der Waals surface area contributed by atoms with Crippen LogP contribution in [0.25, 0.3) is 10.9 Å². The average Bonchev–Trinajstić information content (AvgIpc) is 2.78. The Morgan fingerprint density at radius 3 is 3.16 bits per heavy atom. The number of H-pyrrole nitrogens is 1. The molecule has 1 unspecified atom stereocenters. The second-order valence-electron chi connectivity index (χ2n) is 4.89. The van der Waals surface area contributed by atoms with Crippen molar-refractivity contribution < 1.29 is 5.11 Å². The molecule has 1 atom stereocenters. The molecule has 102 valence electrons. The van der Waals surface area contributed by atoms with Crippen LogP contribution in [0.5, 0.6) is 0 Å². The van der Waals surface area contributed by atoms with Crippen molar-refractivity contribution in [3.8, 4) is 0 Å². The second kappa shape index (κ2) is 5.51. The van der Waals surface area contributed by atoms with E-state index in [9.17, 15) is 0 Å². The second-order valence-corrected chi connectivity index (χ2v) is 5.33. The third-order valence-electron chi connectivity index (χ3n) is 3.65. The summed E-state index contributed by atoms with van der Waals surface area (Å²) in [5.74, 6) is 0. The summed E-state index contributed by atoms with van der Waals surface area (Å²) in [6.07, 6.45) is 1.02. The lowest BCUT2D eigenvalue weighted by Crippen LogP contribution is -2.37. The van der Waals surface area contributed by atoms with Crippen molar-refractivity contribution >= 4 is 22.5 Å². The van der Waals surface area contributed by atoms with E-state index in [1.54, 1.807) is 0 Å². The quantitative estimate of drug-likeness (QED) is 0.643. The minimum Gasteiger partial charge on any atom is -0.395 e. The van der Waals surface area contributed by atoms with E-state index >= 15 is 0 Å². The fourth-order valence-corrected chi connectivity index (χ4v) is 2.95. The molecule has 0 spiro atoms. The van der Waals surface area contributed by atoms with Crippen LogP contribution in [0.3, 0.4) is 0 Å². The van der Waals surface area contributed by atoms with Crippen molar-refractivity contribution in [2.75, 3.05) is 26.2 Å². The molecule has 0 saturated heterocycles. The van der Waals surface area contributed by atoms with Crippen LogP contribution in [-0.2, 0) is 6.42 Å². The number of aliphatic hydroxyl groups excluding tert-OH is 1. The number of aromatic amines is 1. The molecular formula is C14H18ClN3O. The van der Waals surface area contributed by atoms with E-state index in [0.717, 1.165) is 30.0 Å². The molecule has 1 aromatic carbocycles. The van der Waals surface area contributed by atoms with Crippen LogP contribution >= 0.6 is 11.6 Å². The number of hydrogen-bond donors (Lipinski definition) is 4. The predicted octanol–water partition coefficient (Wildman–Crippen LogP) is 1.59. The Hall–Kier alpha value is -1.07. The van der Waals surface area contributed by atoms with Gasteiger partial charge in [0.1, 0.15) is 0 Å². The number of halogens is 1. The molecule has 0 aliphatic carbocycles. The zero-order valence-electron chi connectivity index (χ0n) is 10.7. The van der Waals surface area contributed by atoms with Crippen molar-refractivity contribution in [2.45, 2.75) is 12.5 Å². The molecule has 19 heavy (non-hydrogen) atoms. The monoisotopic (exact) mass is 279 g/mol. The molecule has 0 bridgehead atoms. The fraction of sp³-hybridized carbons (Fsp3) is 0.429. The smallest absolute Gasteiger partial charge is 0.0602 e. The summed E-state index contributed by atoms with van der Waals surface area (Å²) in [5, 5.41) is 17.6. The number of aromatic nitrogens is 1. The number of aliphatic hydroxyl groups is 1. The van der Waals surface area contributed by atoms with E-state index in [-0.39, 0.29) is 12.6 Å². The van der Waals surface area contributed by atoms with Crippen molar-refractivity contribution in [1.29, 1.82) is 0 Å². The van der Waals surface area contributed by atoms with Crippen LogP contribution < -0.4 is 10.6 Å². The van der Waals surface area contributed by atoms with Gasteiger partial charge in [-0.15, -0.1) is 0 Å². The fourth-order valence-electron chi connectivity index (χ4n) is 2.78. The highest BCUT2D eigenvalue weighted by Crippen LogP contribution is 2.31. The molecule has 0 fully saturated rings. The number of benzene rings is 1. The molecule has 0 amide bonds. The zero-order valence-corrected chi connectivity index (χ0v) is 11.4. The average molecular weight is 280 g/mol. The summed E-state index contributed by atoms with van der Waals surface area (Å²) in [6.45, 7) is 2.58. The van der Waals surface area contributed by atoms with Crippen LogP contribution in [0.4, 0.5) is 0 Å². The molecule has 0 radical (unpaired) electrons. The number of nitrogens with one attached hydrogen (secondary N) is 3. The summed E-state index contributed by atoms with van der Waals surface area (Å²) in [7, 11) is 0. The standard InChI is InChI=1S/C14H18ClN3O/c15-9-1-2-12-11(7-9)10-3-4-17-13(14(10)18-12)8-16-5-6-19/h1-2,7,13,16-19H,3-6,8H2. The number of hydrogen-bond acceptors (Lipinski definition) is 3. The van der Waals surface area contributed by atoms with Crippen LogP contribution in [0.15, 0.2) is 18.2 Å². The van der Waals surface area contributed by atoms with Gasteiger partial charge in [-0.2, -0.15) is 0 Å². The lowest BCUT2D eigenvalue weighted by molar-refractivity contribution is 0.288. The van der Waals surface area contributed by atoms with Gasteiger partial charge in [0.2, 0.25) is 0 Å². The first-order valence-electron chi connectivity index (χ1n) is 6.64. The van der Waals surface area contributed by atoms with Gasteiger partial charge in [0.25, 0.3) is 0 Å². The predicted molar refractivity (Wildman–Crippen MR) is 77.7 cm³/mol. The Morgan fingerprint density at radius 2 is 2.32 bits per heavy atom.